The molecule has 3 rings (SSSR count). The van der Waals surface area contributed by atoms with Crippen LogP contribution < -0.4 is 0 Å². The Labute approximate surface area is 125 Å². The van der Waals surface area contributed by atoms with Gasteiger partial charge in [0.15, 0.2) is 0 Å². The van der Waals surface area contributed by atoms with E-state index in [-0.39, 0.29) is 46.9 Å². The van der Waals surface area contributed by atoms with Gasteiger partial charge in [-0.2, -0.15) is 0 Å². The highest BCUT2D eigenvalue weighted by Crippen LogP contribution is 2.59. The van der Waals surface area contributed by atoms with Crippen LogP contribution in [0.3, 0.4) is 0 Å². The molecular weight excluding hydrogens is 270 g/mol. The summed E-state index contributed by atoms with van der Waals surface area (Å²) in [5, 5.41) is 0. The van der Waals surface area contributed by atoms with Crippen LogP contribution in [-0.2, 0) is 19.1 Å². The summed E-state index contributed by atoms with van der Waals surface area (Å²) < 4.78 is 4.83. The van der Waals surface area contributed by atoms with Crippen molar-refractivity contribution in [1.29, 1.82) is 0 Å². The van der Waals surface area contributed by atoms with Gasteiger partial charge in [0, 0.05) is 6.54 Å². The predicted octanol–water partition coefficient (Wildman–Crippen LogP) is 1.61. The van der Waals surface area contributed by atoms with E-state index in [0.717, 1.165) is 25.7 Å². The molecule has 0 radical (unpaired) electrons. The van der Waals surface area contributed by atoms with Crippen molar-refractivity contribution >= 4 is 17.8 Å². The summed E-state index contributed by atoms with van der Waals surface area (Å²) in [7, 11) is 1.38. The molecule has 0 bridgehead atoms. The Balaban J connectivity index is 1.72. The van der Waals surface area contributed by atoms with Gasteiger partial charge in [-0.25, -0.2) is 0 Å². The Kier molecular flexibility index (Phi) is 3.34. The lowest BCUT2D eigenvalue weighted by molar-refractivity contribution is -0.144. The third kappa shape index (κ3) is 2.09. The van der Waals surface area contributed by atoms with Gasteiger partial charge < -0.3 is 4.74 Å². The molecule has 2 amide bonds. The fourth-order valence-corrected chi connectivity index (χ4v) is 4.29. The van der Waals surface area contributed by atoms with Crippen LogP contribution in [0.4, 0.5) is 0 Å². The van der Waals surface area contributed by atoms with Crippen molar-refractivity contribution in [1.82, 2.24) is 4.90 Å². The minimum Gasteiger partial charge on any atom is -0.469 e. The number of carbonyl (C=O) groups is 3. The summed E-state index contributed by atoms with van der Waals surface area (Å²) in [4.78, 5) is 38.1. The first-order valence-corrected chi connectivity index (χ1v) is 7.82. The molecule has 0 aromatic heterocycles. The minimum absolute atomic E-state index is 0.0176. The van der Waals surface area contributed by atoms with Crippen LogP contribution in [0.15, 0.2) is 0 Å². The van der Waals surface area contributed by atoms with Crippen LogP contribution in [-0.4, -0.2) is 36.3 Å². The van der Waals surface area contributed by atoms with E-state index >= 15 is 0 Å². The number of likely N-dealkylation sites (tertiary alicyclic amines) is 1. The van der Waals surface area contributed by atoms with Crippen molar-refractivity contribution in [2.75, 3.05) is 13.7 Å². The van der Waals surface area contributed by atoms with Crippen molar-refractivity contribution in [3.63, 3.8) is 0 Å². The van der Waals surface area contributed by atoms with Gasteiger partial charge >= 0.3 is 5.97 Å². The quantitative estimate of drug-likeness (QED) is 0.586. The van der Waals surface area contributed by atoms with E-state index < -0.39 is 0 Å². The van der Waals surface area contributed by atoms with Gasteiger partial charge in [0.2, 0.25) is 11.8 Å². The number of amides is 2. The summed E-state index contributed by atoms with van der Waals surface area (Å²) in [6.07, 6.45) is 3.74. The van der Waals surface area contributed by atoms with Gasteiger partial charge in [0.05, 0.1) is 24.9 Å². The second-order valence-electron chi connectivity index (χ2n) is 7.21. The second kappa shape index (κ2) is 4.82. The van der Waals surface area contributed by atoms with E-state index in [1.54, 1.807) is 0 Å². The molecule has 0 aromatic rings. The molecule has 1 heterocycles. The highest BCUT2D eigenvalue weighted by molar-refractivity contribution is 6.05. The monoisotopic (exact) mass is 293 g/mol. The number of esters is 1. The second-order valence-corrected chi connectivity index (χ2v) is 7.21. The summed E-state index contributed by atoms with van der Waals surface area (Å²) in [6.45, 7) is 4.37. The van der Waals surface area contributed by atoms with Crippen molar-refractivity contribution in [3.05, 3.63) is 0 Å². The molecule has 0 spiro atoms. The molecular formula is C16H23NO4. The van der Waals surface area contributed by atoms with Crippen molar-refractivity contribution in [2.45, 2.75) is 39.5 Å². The lowest BCUT2D eigenvalue weighted by Crippen LogP contribution is -2.34. The summed E-state index contributed by atoms with van der Waals surface area (Å²) in [6, 6.07) is 0. The Morgan fingerprint density at radius 1 is 1.19 bits per heavy atom. The Morgan fingerprint density at radius 3 is 2.19 bits per heavy atom. The van der Waals surface area contributed by atoms with Crippen LogP contribution in [0, 0.1) is 29.1 Å². The fraction of sp³-hybridized carbons (Fsp3) is 0.812. The van der Waals surface area contributed by atoms with Gasteiger partial charge in [-0.1, -0.05) is 26.7 Å². The van der Waals surface area contributed by atoms with Gasteiger partial charge in [-0.05, 0) is 24.2 Å². The molecule has 2 aliphatic carbocycles. The SMILES string of the molecule is COC(=O)C1C(CN2C(=O)C3CCCCC3C2=O)C1(C)C. The Bertz CT molecular complexity index is 475. The Morgan fingerprint density at radius 2 is 1.71 bits per heavy atom. The molecule has 4 atom stereocenters. The van der Waals surface area contributed by atoms with Crippen LogP contribution in [0.1, 0.15) is 39.5 Å². The third-order valence-electron chi connectivity index (χ3n) is 5.82. The standard InChI is InChI=1S/C16H23NO4/c1-16(2)11(12(16)15(20)21-3)8-17-13(18)9-6-4-5-7-10(9)14(17)19/h9-12H,4-8H2,1-3H3. The van der Waals surface area contributed by atoms with E-state index in [2.05, 4.69) is 0 Å². The fourth-order valence-electron chi connectivity index (χ4n) is 4.29. The molecule has 116 valence electrons. The maximum absolute atomic E-state index is 12.5. The van der Waals surface area contributed by atoms with Gasteiger partial charge in [-0.15, -0.1) is 0 Å². The summed E-state index contributed by atoms with van der Waals surface area (Å²) in [5.74, 6) is -0.661. The molecule has 0 aromatic carbocycles. The first-order valence-electron chi connectivity index (χ1n) is 7.82. The zero-order chi connectivity index (χ0) is 15.4. The van der Waals surface area contributed by atoms with Gasteiger partial charge in [0.25, 0.3) is 0 Å². The van der Waals surface area contributed by atoms with E-state index in [1.807, 2.05) is 13.8 Å². The van der Waals surface area contributed by atoms with Crippen LogP contribution >= 0.6 is 0 Å². The Hall–Kier alpha value is -1.39. The maximum atomic E-state index is 12.5. The average Bonchev–Trinajstić information content (AvgIpc) is 2.93. The zero-order valence-corrected chi connectivity index (χ0v) is 12.9. The number of ether oxygens (including phenoxy) is 1. The van der Waals surface area contributed by atoms with Crippen molar-refractivity contribution < 1.29 is 19.1 Å². The number of fused-ring (bicyclic) bond motifs is 1. The molecule has 0 N–H and O–H groups in total. The maximum Gasteiger partial charge on any atom is 0.309 e. The van der Waals surface area contributed by atoms with E-state index in [0.29, 0.717) is 6.54 Å². The molecule has 3 fully saturated rings. The topological polar surface area (TPSA) is 63.7 Å². The van der Waals surface area contributed by atoms with Crippen molar-refractivity contribution in [3.8, 4) is 0 Å². The first-order chi connectivity index (χ1) is 9.89. The molecule has 21 heavy (non-hydrogen) atoms. The largest absolute Gasteiger partial charge is 0.469 e. The molecule has 1 saturated heterocycles. The highest BCUT2D eigenvalue weighted by atomic mass is 16.5. The number of imide groups is 1. The third-order valence-corrected chi connectivity index (χ3v) is 5.82. The first kappa shape index (κ1) is 14.5. The summed E-state index contributed by atoms with van der Waals surface area (Å²) >= 11 is 0. The van der Waals surface area contributed by atoms with E-state index in [1.165, 1.54) is 12.0 Å². The van der Waals surface area contributed by atoms with Gasteiger partial charge in [-0.3, -0.25) is 19.3 Å². The number of nitrogens with zero attached hydrogens (tertiary/aromatic N) is 1. The number of rotatable bonds is 3. The van der Waals surface area contributed by atoms with Crippen LogP contribution in [0.2, 0.25) is 0 Å². The molecule has 3 aliphatic rings. The molecule has 5 nitrogen and oxygen atoms in total. The normalized spacial score (nSPS) is 37.4. The predicted molar refractivity (Wildman–Crippen MR) is 74.9 cm³/mol. The lowest BCUT2D eigenvalue weighted by atomic mass is 9.81. The van der Waals surface area contributed by atoms with E-state index in [4.69, 9.17) is 4.74 Å². The smallest absolute Gasteiger partial charge is 0.309 e. The molecule has 2 saturated carbocycles. The summed E-state index contributed by atoms with van der Waals surface area (Å²) in [5.41, 5.74) is -0.193. The highest BCUT2D eigenvalue weighted by Gasteiger charge is 2.64. The molecule has 5 heteroatoms. The molecule has 4 unspecified atom stereocenters. The van der Waals surface area contributed by atoms with Crippen LogP contribution in [0.25, 0.3) is 0 Å². The minimum atomic E-state index is -0.235. The number of methoxy groups -OCH3 is 1. The lowest BCUT2D eigenvalue weighted by Gasteiger charge is -2.19. The van der Waals surface area contributed by atoms with Crippen LogP contribution in [0.5, 0.6) is 0 Å². The molecule has 1 aliphatic heterocycles. The van der Waals surface area contributed by atoms with E-state index in [9.17, 15) is 14.4 Å². The number of hydrogen-bond acceptors (Lipinski definition) is 4. The average molecular weight is 293 g/mol. The zero-order valence-electron chi connectivity index (χ0n) is 12.9. The van der Waals surface area contributed by atoms with Crippen molar-refractivity contribution in [2.24, 2.45) is 29.1 Å². The number of hydrogen-bond donors (Lipinski definition) is 0. The van der Waals surface area contributed by atoms with Gasteiger partial charge in [0.1, 0.15) is 0 Å². The number of carbonyl (C=O) groups excluding carboxylic acids is 3.